The van der Waals surface area contributed by atoms with Gasteiger partial charge in [-0.1, -0.05) is 0 Å². The van der Waals surface area contributed by atoms with E-state index in [4.69, 9.17) is 19.6 Å². The number of hydrogen-bond acceptors (Lipinski definition) is 4. The minimum atomic E-state index is -4.53. The maximum Gasteiger partial charge on any atom is 0.376 e. The number of carboxylic acids is 1. The molecular formula is C9H9N2O6P. The summed E-state index contributed by atoms with van der Waals surface area (Å²) in [5.74, 6) is -1.21. The topological polar surface area (TPSA) is 121 Å². The van der Waals surface area contributed by atoms with Crippen molar-refractivity contribution < 1.29 is 29.0 Å². The van der Waals surface area contributed by atoms with Crippen molar-refractivity contribution in [2.75, 3.05) is 7.11 Å². The number of carbonyl (C=O) groups is 1. The average Bonchev–Trinajstić information content (AvgIpc) is 2.70. The third kappa shape index (κ3) is 1.97. The number of methoxy groups -OCH3 is 1. The standard InChI is InChI=1S/C9H9N2O6P/c1-17-5-2-3-6-10-7(18(14,15)16)4-11(6)8(5)9(12)13/h2-4H,1H3,(H,12,13)(H2,14,15,16). The molecule has 0 radical (unpaired) electrons. The molecule has 0 unspecified atom stereocenters. The van der Waals surface area contributed by atoms with Gasteiger partial charge in [0.15, 0.2) is 16.9 Å². The molecular weight excluding hydrogens is 263 g/mol. The van der Waals surface area contributed by atoms with Crippen molar-refractivity contribution >= 4 is 24.6 Å². The summed E-state index contributed by atoms with van der Waals surface area (Å²) in [4.78, 5) is 32.8. The molecule has 9 heteroatoms. The molecule has 0 amide bonds. The second-order valence-electron chi connectivity index (χ2n) is 3.43. The highest BCUT2D eigenvalue weighted by molar-refractivity contribution is 7.60. The highest BCUT2D eigenvalue weighted by Gasteiger charge is 2.24. The van der Waals surface area contributed by atoms with Crippen LogP contribution in [-0.2, 0) is 4.57 Å². The van der Waals surface area contributed by atoms with Crippen LogP contribution in [0.3, 0.4) is 0 Å². The van der Waals surface area contributed by atoms with E-state index in [2.05, 4.69) is 4.98 Å². The molecule has 0 aliphatic carbocycles. The van der Waals surface area contributed by atoms with Gasteiger partial charge in [0.1, 0.15) is 5.65 Å². The molecule has 0 spiro atoms. The first-order valence-electron chi connectivity index (χ1n) is 4.70. The Morgan fingerprint density at radius 2 is 2.11 bits per heavy atom. The molecule has 0 atom stereocenters. The fraction of sp³-hybridized carbons (Fsp3) is 0.111. The number of aromatic carboxylic acids is 1. The highest BCUT2D eigenvalue weighted by Crippen LogP contribution is 2.33. The average molecular weight is 272 g/mol. The summed E-state index contributed by atoms with van der Waals surface area (Å²) >= 11 is 0. The van der Waals surface area contributed by atoms with Crippen molar-refractivity contribution in [3.63, 3.8) is 0 Å². The molecule has 0 saturated heterocycles. The van der Waals surface area contributed by atoms with E-state index < -0.39 is 19.0 Å². The smallest absolute Gasteiger partial charge is 0.376 e. The zero-order valence-corrected chi connectivity index (χ0v) is 10.0. The Morgan fingerprint density at radius 3 is 2.61 bits per heavy atom. The number of pyridine rings is 1. The largest absolute Gasteiger partial charge is 0.494 e. The number of hydrogen-bond donors (Lipinski definition) is 3. The van der Waals surface area contributed by atoms with E-state index in [0.29, 0.717) is 0 Å². The molecule has 0 bridgehead atoms. The van der Waals surface area contributed by atoms with Gasteiger partial charge in [0.25, 0.3) is 0 Å². The zero-order valence-electron chi connectivity index (χ0n) is 9.14. The SMILES string of the molecule is COc1ccc2nc(P(=O)(O)O)cn2c1C(=O)O. The molecule has 3 N–H and O–H groups in total. The van der Waals surface area contributed by atoms with Gasteiger partial charge in [-0.2, -0.15) is 0 Å². The number of rotatable bonds is 3. The summed E-state index contributed by atoms with van der Waals surface area (Å²) < 4.78 is 17.0. The number of fused-ring (bicyclic) bond motifs is 1. The van der Waals surface area contributed by atoms with E-state index in [0.717, 1.165) is 10.6 Å². The summed E-state index contributed by atoms with van der Waals surface area (Å²) in [5, 5.41) is 9.08. The fourth-order valence-corrected chi connectivity index (χ4v) is 2.04. The predicted molar refractivity (Wildman–Crippen MR) is 60.4 cm³/mol. The van der Waals surface area contributed by atoms with Gasteiger partial charge in [-0.05, 0) is 12.1 Å². The number of imidazole rings is 1. The molecule has 0 aliphatic heterocycles. The van der Waals surface area contributed by atoms with Gasteiger partial charge < -0.3 is 19.6 Å². The molecule has 0 aromatic carbocycles. The van der Waals surface area contributed by atoms with E-state index in [1.54, 1.807) is 0 Å². The van der Waals surface area contributed by atoms with Gasteiger partial charge in [0.2, 0.25) is 0 Å². The second kappa shape index (κ2) is 4.09. The predicted octanol–water partition coefficient (Wildman–Crippen LogP) is -0.156. The van der Waals surface area contributed by atoms with E-state index >= 15 is 0 Å². The Bertz CT molecular complexity index is 673. The molecule has 2 aromatic heterocycles. The Balaban J connectivity index is 2.81. The highest BCUT2D eigenvalue weighted by atomic mass is 31.2. The molecule has 2 rings (SSSR count). The molecule has 0 aliphatic rings. The lowest BCUT2D eigenvalue weighted by molar-refractivity contribution is 0.0684. The van der Waals surface area contributed by atoms with Crippen LogP contribution in [0, 0.1) is 0 Å². The van der Waals surface area contributed by atoms with Crippen molar-refractivity contribution in [1.82, 2.24) is 9.38 Å². The van der Waals surface area contributed by atoms with E-state index in [1.165, 1.54) is 19.2 Å². The zero-order chi connectivity index (χ0) is 13.5. The van der Waals surface area contributed by atoms with Crippen molar-refractivity contribution in [2.45, 2.75) is 0 Å². The number of nitrogens with zero attached hydrogens (tertiary/aromatic N) is 2. The quantitative estimate of drug-likeness (QED) is 0.664. The molecule has 18 heavy (non-hydrogen) atoms. The van der Waals surface area contributed by atoms with Gasteiger partial charge in [-0.15, -0.1) is 0 Å². The maximum absolute atomic E-state index is 11.1. The Kier molecular flexibility index (Phi) is 2.86. The van der Waals surface area contributed by atoms with Crippen LogP contribution in [0.5, 0.6) is 5.75 Å². The molecule has 0 saturated carbocycles. The lowest BCUT2D eigenvalue weighted by atomic mass is 10.3. The molecule has 96 valence electrons. The van der Waals surface area contributed by atoms with E-state index in [-0.39, 0.29) is 17.1 Å². The third-order valence-corrected chi connectivity index (χ3v) is 3.11. The van der Waals surface area contributed by atoms with Gasteiger partial charge in [-0.25, -0.2) is 9.78 Å². The van der Waals surface area contributed by atoms with Crippen molar-refractivity contribution in [3.05, 3.63) is 24.0 Å². The first-order chi connectivity index (χ1) is 8.34. The van der Waals surface area contributed by atoms with Crippen LogP contribution in [0.25, 0.3) is 5.65 Å². The Hall–Kier alpha value is -1.89. The Morgan fingerprint density at radius 1 is 1.44 bits per heavy atom. The van der Waals surface area contributed by atoms with Crippen LogP contribution in [0.4, 0.5) is 0 Å². The summed E-state index contributed by atoms with van der Waals surface area (Å²) in [7, 11) is -3.23. The van der Waals surface area contributed by atoms with Crippen molar-refractivity contribution in [1.29, 1.82) is 0 Å². The maximum atomic E-state index is 11.1. The number of carboxylic acid groups (broad SMARTS) is 1. The second-order valence-corrected chi connectivity index (χ2v) is 4.97. The van der Waals surface area contributed by atoms with Crippen LogP contribution in [0.15, 0.2) is 18.3 Å². The van der Waals surface area contributed by atoms with Gasteiger partial charge in [0.05, 0.1) is 7.11 Å². The molecule has 0 fully saturated rings. The minimum absolute atomic E-state index is 0.0738. The van der Waals surface area contributed by atoms with Gasteiger partial charge in [0, 0.05) is 6.20 Å². The third-order valence-electron chi connectivity index (χ3n) is 2.30. The monoisotopic (exact) mass is 272 g/mol. The lowest BCUT2D eigenvalue weighted by Gasteiger charge is -2.06. The van der Waals surface area contributed by atoms with Crippen LogP contribution in [0.1, 0.15) is 10.5 Å². The van der Waals surface area contributed by atoms with E-state index in [9.17, 15) is 9.36 Å². The Labute approximate surface area is 101 Å². The van der Waals surface area contributed by atoms with Gasteiger partial charge in [-0.3, -0.25) is 8.97 Å². The normalized spacial score (nSPS) is 11.7. The summed E-state index contributed by atoms with van der Waals surface area (Å²) in [6.07, 6.45) is 0.988. The molecule has 8 nitrogen and oxygen atoms in total. The molecule has 2 aromatic rings. The van der Waals surface area contributed by atoms with E-state index in [1.807, 2.05) is 0 Å². The number of ether oxygens (including phenoxy) is 1. The van der Waals surface area contributed by atoms with Crippen LogP contribution >= 0.6 is 7.60 Å². The minimum Gasteiger partial charge on any atom is -0.494 e. The van der Waals surface area contributed by atoms with Gasteiger partial charge >= 0.3 is 13.6 Å². The molecule has 2 heterocycles. The van der Waals surface area contributed by atoms with Crippen molar-refractivity contribution in [3.8, 4) is 5.75 Å². The first kappa shape index (κ1) is 12.6. The summed E-state index contributed by atoms with van der Waals surface area (Å²) in [6.45, 7) is 0. The lowest BCUT2D eigenvalue weighted by Crippen LogP contribution is -2.08. The summed E-state index contributed by atoms with van der Waals surface area (Å²) in [6, 6.07) is 2.78. The van der Waals surface area contributed by atoms with Crippen molar-refractivity contribution in [2.24, 2.45) is 0 Å². The number of aromatic nitrogens is 2. The summed E-state index contributed by atoms with van der Waals surface area (Å²) in [5.41, 5.74) is -0.619. The van der Waals surface area contributed by atoms with Crippen LogP contribution < -0.4 is 10.2 Å². The fourth-order valence-electron chi connectivity index (χ4n) is 1.54. The van der Waals surface area contributed by atoms with Crippen LogP contribution in [0.2, 0.25) is 0 Å². The first-order valence-corrected chi connectivity index (χ1v) is 6.31. The van der Waals surface area contributed by atoms with Crippen LogP contribution in [-0.4, -0.2) is 37.4 Å².